The highest BCUT2D eigenvalue weighted by molar-refractivity contribution is 6.35. The Bertz CT molecular complexity index is 907. The summed E-state index contributed by atoms with van der Waals surface area (Å²) >= 11 is 12.3. The second-order valence-corrected chi connectivity index (χ2v) is 7.37. The number of aliphatic hydroxyl groups is 1. The highest BCUT2D eigenvalue weighted by Crippen LogP contribution is 2.28. The SMILES string of the molecule is OCCC1CCCCN1c1ccc2nnc(-c3cc(Cl)cc(Cl)c3)n2n1. The standard InChI is InChI=1S/C18H19Cl2N5O/c19-13-9-12(10-14(20)11-13)18-22-21-16-4-5-17(23-25(16)18)24-7-2-1-3-15(24)6-8-26/h4-5,9-11,15,26H,1-3,6-8H2. The fraction of sp³-hybridized carbons (Fsp3) is 0.389. The summed E-state index contributed by atoms with van der Waals surface area (Å²) in [5.74, 6) is 1.46. The summed E-state index contributed by atoms with van der Waals surface area (Å²) in [6.45, 7) is 1.12. The van der Waals surface area contributed by atoms with Crippen molar-refractivity contribution in [2.75, 3.05) is 18.1 Å². The Morgan fingerprint density at radius 1 is 1.08 bits per heavy atom. The van der Waals surface area contributed by atoms with E-state index >= 15 is 0 Å². The van der Waals surface area contributed by atoms with E-state index in [4.69, 9.17) is 28.3 Å². The van der Waals surface area contributed by atoms with Gasteiger partial charge in [-0.1, -0.05) is 23.2 Å². The Balaban J connectivity index is 1.77. The normalized spacial score (nSPS) is 17.8. The van der Waals surface area contributed by atoms with Gasteiger partial charge in [-0.25, -0.2) is 0 Å². The lowest BCUT2D eigenvalue weighted by molar-refractivity contribution is 0.262. The predicted octanol–water partition coefficient (Wildman–Crippen LogP) is 3.84. The maximum absolute atomic E-state index is 9.37. The maximum atomic E-state index is 9.37. The van der Waals surface area contributed by atoms with Gasteiger partial charge in [0.05, 0.1) is 0 Å². The smallest absolute Gasteiger partial charge is 0.185 e. The van der Waals surface area contributed by atoms with Crippen LogP contribution >= 0.6 is 23.2 Å². The van der Waals surface area contributed by atoms with Crippen molar-refractivity contribution in [2.45, 2.75) is 31.7 Å². The van der Waals surface area contributed by atoms with E-state index in [-0.39, 0.29) is 6.61 Å². The molecule has 0 bridgehead atoms. The molecule has 0 aliphatic carbocycles. The summed E-state index contributed by atoms with van der Waals surface area (Å²) in [4.78, 5) is 2.27. The molecule has 136 valence electrons. The largest absolute Gasteiger partial charge is 0.396 e. The lowest BCUT2D eigenvalue weighted by atomic mass is 10.00. The van der Waals surface area contributed by atoms with Crippen molar-refractivity contribution in [1.29, 1.82) is 0 Å². The molecule has 1 atom stereocenters. The summed E-state index contributed by atoms with van der Waals surface area (Å²) in [5, 5.41) is 23.7. The monoisotopic (exact) mass is 391 g/mol. The van der Waals surface area contributed by atoms with Gasteiger partial charge in [-0.15, -0.1) is 15.3 Å². The van der Waals surface area contributed by atoms with E-state index in [0.29, 0.717) is 27.6 Å². The van der Waals surface area contributed by atoms with Crippen molar-refractivity contribution in [1.82, 2.24) is 19.8 Å². The summed E-state index contributed by atoms with van der Waals surface area (Å²) in [6.07, 6.45) is 4.13. The maximum Gasteiger partial charge on any atom is 0.185 e. The van der Waals surface area contributed by atoms with E-state index in [9.17, 15) is 5.11 Å². The number of anilines is 1. The Kier molecular flexibility index (Phi) is 4.98. The lowest BCUT2D eigenvalue weighted by Crippen LogP contribution is -2.40. The minimum atomic E-state index is 0.183. The molecule has 1 fully saturated rings. The fourth-order valence-corrected chi connectivity index (χ4v) is 4.07. The van der Waals surface area contributed by atoms with E-state index in [1.807, 2.05) is 12.1 Å². The number of aliphatic hydroxyl groups excluding tert-OH is 1. The minimum Gasteiger partial charge on any atom is -0.396 e. The highest BCUT2D eigenvalue weighted by Gasteiger charge is 2.24. The van der Waals surface area contributed by atoms with Crippen molar-refractivity contribution in [3.63, 3.8) is 0 Å². The number of hydrogen-bond donors (Lipinski definition) is 1. The average Bonchev–Trinajstić information content (AvgIpc) is 3.05. The van der Waals surface area contributed by atoms with Gasteiger partial charge in [0, 0.05) is 34.8 Å². The fourth-order valence-electron chi connectivity index (χ4n) is 3.55. The molecule has 0 spiro atoms. The van der Waals surface area contributed by atoms with Gasteiger partial charge in [-0.2, -0.15) is 4.52 Å². The molecule has 1 aromatic carbocycles. The quantitative estimate of drug-likeness (QED) is 0.731. The van der Waals surface area contributed by atoms with E-state index in [2.05, 4.69) is 15.1 Å². The van der Waals surface area contributed by atoms with Gasteiger partial charge in [-0.05, 0) is 56.0 Å². The average molecular weight is 392 g/mol. The molecule has 6 nitrogen and oxygen atoms in total. The topological polar surface area (TPSA) is 66.5 Å². The van der Waals surface area contributed by atoms with Gasteiger partial charge in [-0.3, -0.25) is 0 Å². The van der Waals surface area contributed by atoms with Crippen LogP contribution in [0.1, 0.15) is 25.7 Å². The number of nitrogens with zero attached hydrogens (tertiary/aromatic N) is 5. The third kappa shape index (κ3) is 3.37. The second-order valence-electron chi connectivity index (χ2n) is 6.50. The Morgan fingerprint density at radius 2 is 1.88 bits per heavy atom. The molecule has 0 saturated carbocycles. The number of benzene rings is 1. The van der Waals surface area contributed by atoms with Gasteiger partial charge in [0.25, 0.3) is 0 Å². The van der Waals surface area contributed by atoms with E-state index < -0.39 is 0 Å². The van der Waals surface area contributed by atoms with Gasteiger partial charge in [0.2, 0.25) is 0 Å². The van der Waals surface area contributed by atoms with Gasteiger partial charge in [0.15, 0.2) is 11.5 Å². The minimum absolute atomic E-state index is 0.183. The van der Waals surface area contributed by atoms with Crippen LogP contribution in [0.5, 0.6) is 0 Å². The second kappa shape index (κ2) is 7.39. The molecule has 1 aliphatic heterocycles. The first-order chi connectivity index (χ1) is 12.7. The number of fused-ring (bicyclic) bond motifs is 1. The van der Waals surface area contributed by atoms with Crippen LogP contribution in [0.15, 0.2) is 30.3 Å². The van der Waals surface area contributed by atoms with Gasteiger partial charge < -0.3 is 10.0 Å². The van der Waals surface area contributed by atoms with E-state index in [1.54, 1.807) is 22.7 Å². The molecule has 2 aromatic heterocycles. The van der Waals surface area contributed by atoms with Crippen LogP contribution < -0.4 is 4.90 Å². The van der Waals surface area contributed by atoms with E-state index in [0.717, 1.165) is 37.2 Å². The number of aromatic nitrogens is 4. The van der Waals surface area contributed by atoms with Crippen LogP contribution in [0, 0.1) is 0 Å². The zero-order valence-corrected chi connectivity index (χ0v) is 15.7. The Hall–Kier alpha value is -1.89. The summed E-state index contributed by atoms with van der Waals surface area (Å²) in [5.41, 5.74) is 1.43. The first kappa shape index (κ1) is 17.5. The molecule has 0 radical (unpaired) electrons. The lowest BCUT2D eigenvalue weighted by Gasteiger charge is -2.36. The van der Waals surface area contributed by atoms with Gasteiger partial charge in [0.1, 0.15) is 5.82 Å². The summed E-state index contributed by atoms with van der Waals surface area (Å²) in [7, 11) is 0. The number of rotatable bonds is 4. The Labute approximate surface area is 161 Å². The molecule has 0 amide bonds. The van der Waals surface area contributed by atoms with Crippen LogP contribution in [0.4, 0.5) is 5.82 Å². The third-order valence-corrected chi connectivity index (χ3v) is 5.19. The van der Waals surface area contributed by atoms with Crippen LogP contribution in [0.3, 0.4) is 0 Å². The van der Waals surface area contributed by atoms with Crippen LogP contribution in [0.25, 0.3) is 17.0 Å². The van der Waals surface area contributed by atoms with Crippen molar-refractivity contribution in [2.24, 2.45) is 0 Å². The molecule has 1 N–H and O–H groups in total. The van der Waals surface area contributed by atoms with Crippen LogP contribution in [0.2, 0.25) is 10.0 Å². The zero-order valence-electron chi connectivity index (χ0n) is 14.1. The number of hydrogen-bond acceptors (Lipinski definition) is 5. The zero-order chi connectivity index (χ0) is 18.1. The molecule has 8 heteroatoms. The summed E-state index contributed by atoms with van der Waals surface area (Å²) < 4.78 is 1.72. The number of halogens is 2. The molecule has 4 rings (SSSR count). The van der Waals surface area contributed by atoms with Crippen molar-refractivity contribution in [3.8, 4) is 11.4 Å². The molecule has 1 unspecified atom stereocenters. The summed E-state index contributed by atoms with van der Waals surface area (Å²) in [6, 6.07) is 9.46. The van der Waals surface area contributed by atoms with Crippen molar-refractivity contribution >= 4 is 34.7 Å². The number of piperidine rings is 1. The molecule has 26 heavy (non-hydrogen) atoms. The van der Waals surface area contributed by atoms with Crippen molar-refractivity contribution < 1.29 is 5.11 Å². The van der Waals surface area contributed by atoms with Crippen molar-refractivity contribution in [3.05, 3.63) is 40.4 Å². The highest BCUT2D eigenvalue weighted by atomic mass is 35.5. The Morgan fingerprint density at radius 3 is 2.65 bits per heavy atom. The van der Waals surface area contributed by atoms with Gasteiger partial charge >= 0.3 is 0 Å². The van der Waals surface area contributed by atoms with E-state index in [1.165, 1.54) is 6.42 Å². The van der Waals surface area contributed by atoms with Crippen LogP contribution in [-0.2, 0) is 0 Å². The molecular formula is C18H19Cl2N5O. The first-order valence-corrected chi connectivity index (χ1v) is 9.48. The predicted molar refractivity (Wildman–Crippen MR) is 103 cm³/mol. The molecule has 3 heterocycles. The third-order valence-electron chi connectivity index (χ3n) is 4.75. The molecular weight excluding hydrogens is 373 g/mol. The molecule has 1 aliphatic rings. The first-order valence-electron chi connectivity index (χ1n) is 8.72. The molecule has 1 saturated heterocycles. The van der Waals surface area contributed by atoms with Crippen LogP contribution in [-0.4, -0.2) is 44.1 Å². The molecule has 3 aromatic rings.